The molecule has 0 saturated carbocycles. The molecule has 3 saturated heterocycles. The minimum Gasteiger partial charge on any atom is -0.373 e. The van der Waals surface area contributed by atoms with Gasteiger partial charge in [-0.25, -0.2) is 0 Å². The van der Waals surface area contributed by atoms with Crippen LogP contribution in [0.2, 0.25) is 0 Å². The van der Waals surface area contributed by atoms with Gasteiger partial charge in [0.05, 0.1) is 18.8 Å². The van der Waals surface area contributed by atoms with E-state index in [9.17, 15) is 0 Å². The van der Waals surface area contributed by atoms with Crippen molar-refractivity contribution in [2.75, 3.05) is 79.6 Å². The second-order valence-corrected chi connectivity index (χ2v) is 9.16. The fourth-order valence-electron chi connectivity index (χ4n) is 5.01. The molecule has 31 heavy (non-hydrogen) atoms. The molecule has 7 heteroatoms. The third-order valence-electron chi connectivity index (χ3n) is 6.94. The van der Waals surface area contributed by atoms with E-state index in [-0.39, 0.29) is 6.10 Å². The maximum atomic E-state index is 6.14. The minimum atomic E-state index is 0.272. The van der Waals surface area contributed by atoms with Crippen molar-refractivity contribution in [1.82, 2.24) is 24.9 Å². The fourth-order valence-corrected chi connectivity index (χ4v) is 5.01. The zero-order chi connectivity index (χ0) is 21.5. The summed E-state index contributed by atoms with van der Waals surface area (Å²) in [7, 11) is 4.12. The lowest BCUT2D eigenvalue weighted by Crippen LogP contribution is -2.50. The number of ether oxygens (including phenoxy) is 1. The second kappa shape index (κ2) is 11.3. The van der Waals surface area contributed by atoms with Crippen LogP contribution in [0.25, 0.3) is 0 Å². The Hall–Kier alpha value is -1.67. The van der Waals surface area contributed by atoms with Crippen molar-refractivity contribution in [1.29, 1.82) is 0 Å². The van der Waals surface area contributed by atoms with Crippen LogP contribution in [0.1, 0.15) is 18.4 Å². The summed E-state index contributed by atoms with van der Waals surface area (Å²) >= 11 is 0. The number of unbranched alkanes of at least 4 members (excludes halogenated alkanes) is 1. The van der Waals surface area contributed by atoms with Crippen molar-refractivity contribution >= 4 is 5.96 Å². The van der Waals surface area contributed by atoms with E-state index in [0.29, 0.717) is 6.04 Å². The van der Waals surface area contributed by atoms with Crippen LogP contribution in [0.4, 0.5) is 0 Å². The molecule has 7 nitrogen and oxygen atoms in total. The molecule has 3 heterocycles. The number of benzene rings is 1. The molecule has 1 aromatic rings. The summed E-state index contributed by atoms with van der Waals surface area (Å²) < 4.78 is 6.14. The van der Waals surface area contributed by atoms with E-state index in [1.807, 2.05) is 7.05 Å². The Kier molecular flexibility index (Phi) is 8.19. The molecule has 0 aliphatic carbocycles. The van der Waals surface area contributed by atoms with Gasteiger partial charge in [-0.1, -0.05) is 30.3 Å². The highest BCUT2D eigenvalue weighted by Crippen LogP contribution is 2.24. The molecule has 0 aromatic heterocycles. The number of likely N-dealkylation sites (tertiary alicyclic amines) is 1. The first kappa shape index (κ1) is 22.5. The van der Waals surface area contributed by atoms with E-state index in [1.165, 1.54) is 51.1 Å². The van der Waals surface area contributed by atoms with Gasteiger partial charge in [-0.05, 0) is 32.0 Å². The number of nitrogens with zero attached hydrogens (tertiary/aromatic N) is 5. The molecule has 1 aromatic carbocycles. The Morgan fingerprint density at radius 1 is 1.06 bits per heavy atom. The smallest absolute Gasteiger partial charge is 0.193 e. The van der Waals surface area contributed by atoms with Gasteiger partial charge in [0.1, 0.15) is 0 Å². The van der Waals surface area contributed by atoms with Gasteiger partial charge in [-0.15, -0.1) is 0 Å². The van der Waals surface area contributed by atoms with Crippen molar-refractivity contribution in [3.8, 4) is 0 Å². The van der Waals surface area contributed by atoms with Gasteiger partial charge in [0.2, 0.25) is 0 Å². The monoisotopic (exact) mass is 428 g/mol. The van der Waals surface area contributed by atoms with E-state index in [2.05, 4.69) is 67.3 Å². The molecule has 1 N–H and O–H groups in total. The van der Waals surface area contributed by atoms with Gasteiger partial charge >= 0.3 is 0 Å². The summed E-state index contributed by atoms with van der Waals surface area (Å²) in [5, 5.41) is 3.61. The fraction of sp³-hybridized carbons (Fsp3) is 0.708. The van der Waals surface area contributed by atoms with Crippen LogP contribution in [0.15, 0.2) is 35.3 Å². The lowest BCUT2D eigenvalue weighted by Gasteiger charge is -2.36. The summed E-state index contributed by atoms with van der Waals surface area (Å²) in [5.74, 6) is 1.03. The number of aliphatic imine (C=N–C) groups is 1. The van der Waals surface area contributed by atoms with E-state index in [0.717, 1.165) is 45.3 Å². The van der Waals surface area contributed by atoms with Crippen LogP contribution in [0.5, 0.6) is 0 Å². The minimum absolute atomic E-state index is 0.272. The number of piperazine rings is 1. The van der Waals surface area contributed by atoms with Crippen LogP contribution in [-0.4, -0.2) is 117 Å². The van der Waals surface area contributed by atoms with Crippen molar-refractivity contribution in [3.63, 3.8) is 0 Å². The lowest BCUT2D eigenvalue weighted by atomic mass is 10.1. The van der Waals surface area contributed by atoms with Crippen LogP contribution >= 0.6 is 0 Å². The second-order valence-electron chi connectivity index (χ2n) is 9.16. The van der Waals surface area contributed by atoms with Crippen LogP contribution in [0.3, 0.4) is 0 Å². The van der Waals surface area contributed by atoms with Crippen molar-refractivity contribution < 1.29 is 4.74 Å². The van der Waals surface area contributed by atoms with Crippen LogP contribution < -0.4 is 5.32 Å². The van der Waals surface area contributed by atoms with Gasteiger partial charge in [0, 0.05) is 66.0 Å². The highest BCUT2D eigenvalue weighted by atomic mass is 16.5. The maximum absolute atomic E-state index is 6.14. The van der Waals surface area contributed by atoms with Crippen molar-refractivity contribution in [2.24, 2.45) is 4.99 Å². The number of morpholine rings is 1. The molecule has 3 aliphatic rings. The molecule has 0 radical (unpaired) electrons. The topological polar surface area (TPSA) is 46.6 Å². The SMILES string of the molecule is CN=C(NCCCCN1CCN(C)CC1)N1CC2OCCN(Cc3ccccc3)C2C1. The first-order chi connectivity index (χ1) is 15.2. The number of nitrogens with one attached hydrogen (secondary N) is 1. The Morgan fingerprint density at radius 3 is 2.65 bits per heavy atom. The lowest BCUT2D eigenvalue weighted by molar-refractivity contribution is -0.0502. The predicted molar refractivity (Wildman–Crippen MR) is 126 cm³/mol. The molecule has 0 spiro atoms. The predicted octanol–water partition coefficient (Wildman–Crippen LogP) is 1.17. The summed E-state index contributed by atoms with van der Waals surface area (Å²) in [6.45, 7) is 11.8. The zero-order valence-electron chi connectivity index (χ0n) is 19.4. The number of hydrogen-bond acceptors (Lipinski definition) is 5. The Morgan fingerprint density at radius 2 is 1.87 bits per heavy atom. The number of likely N-dealkylation sites (N-methyl/N-ethyl adjacent to an activating group) is 1. The molecule has 2 atom stereocenters. The summed E-state index contributed by atoms with van der Waals surface area (Å²) in [6, 6.07) is 11.2. The molecule has 0 amide bonds. The van der Waals surface area contributed by atoms with Gasteiger partial charge in [-0.2, -0.15) is 0 Å². The Balaban J connectivity index is 1.20. The first-order valence-electron chi connectivity index (χ1n) is 12.0. The van der Waals surface area contributed by atoms with Crippen LogP contribution in [0, 0.1) is 0 Å². The maximum Gasteiger partial charge on any atom is 0.193 e. The molecule has 0 bridgehead atoms. The van der Waals surface area contributed by atoms with Crippen molar-refractivity contribution in [3.05, 3.63) is 35.9 Å². The molecular weight excluding hydrogens is 388 g/mol. The van der Waals surface area contributed by atoms with E-state index in [1.54, 1.807) is 0 Å². The largest absolute Gasteiger partial charge is 0.373 e. The number of guanidine groups is 1. The van der Waals surface area contributed by atoms with Crippen LogP contribution in [-0.2, 0) is 11.3 Å². The molecule has 2 unspecified atom stereocenters. The van der Waals surface area contributed by atoms with E-state index in [4.69, 9.17) is 4.74 Å². The van der Waals surface area contributed by atoms with Crippen molar-refractivity contribution in [2.45, 2.75) is 31.5 Å². The van der Waals surface area contributed by atoms with Gasteiger partial charge in [0.25, 0.3) is 0 Å². The summed E-state index contributed by atoms with van der Waals surface area (Å²) in [4.78, 5) is 14.6. The highest BCUT2D eigenvalue weighted by Gasteiger charge is 2.41. The van der Waals surface area contributed by atoms with Gasteiger partial charge in [0.15, 0.2) is 5.96 Å². The quantitative estimate of drug-likeness (QED) is 0.400. The summed E-state index contributed by atoms with van der Waals surface area (Å²) in [6.07, 6.45) is 2.70. The number of rotatable bonds is 7. The number of hydrogen-bond donors (Lipinski definition) is 1. The first-order valence-corrected chi connectivity index (χ1v) is 12.0. The third kappa shape index (κ3) is 6.19. The Bertz CT molecular complexity index is 691. The average molecular weight is 429 g/mol. The normalized spacial score (nSPS) is 26.3. The molecule has 3 aliphatic heterocycles. The molecule has 4 rings (SSSR count). The standard InChI is InChI=1S/C24H40N6O/c1-25-24(26-10-6-7-11-28-14-12-27(2)13-15-28)30-19-22-23(20-30)31-17-16-29(22)18-21-8-4-3-5-9-21/h3-5,8-9,22-23H,6-7,10-20H2,1-2H3,(H,25,26). The van der Waals surface area contributed by atoms with E-state index >= 15 is 0 Å². The molecule has 3 fully saturated rings. The third-order valence-corrected chi connectivity index (χ3v) is 6.94. The summed E-state index contributed by atoms with van der Waals surface area (Å²) in [5.41, 5.74) is 1.38. The van der Waals surface area contributed by atoms with E-state index < -0.39 is 0 Å². The molecule has 172 valence electrons. The number of fused-ring (bicyclic) bond motifs is 1. The average Bonchev–Trinajstić information content (AvgIpc) is 3.23. The highest BCUT2D eigenvalue weighted by molar-refractivity contribution is 5.80. The van der Waals surface area contributed by atoms with Gasteiger partial charge in [-0.3, -0.25) is 9.89 Å². The van der Waals surface area contributed by atoms with Gasteiger partial charge < -0.3 is 24.8 Å². The zero-order valence-corrected chi connectivity index (χ0v) is 19.4. The molecular formula is C24H40N6O. The Labute approximate surface area is 188 Å².